The highest BCUT2D eigenvalue weighted by Gasteiger charge is 2.23. The summed E-state index contributed by atoms with van der Waals surface area (Å²) in [4.78, 5) is 17.8. The van der Waals surface area contributed by atoms with Crippen LogP contribution in [0.4, 0.5) is 0 Å². The Balaban J connectivity index is 0.00000243. The summed E-state index contributed by atoms with van der Waals surface area (Å²) in [5, 5.41) is 5.95. The van der Waals surface area contributed by atoms with Gasteiger partial charge in [0, 0.05) is 33.1 Å². The molecule has 0 saturated carbocycles. The van der Waals surface area contributed by atoms with Gasteiger partial charge in [0.05, 0.1) is 0 Å². The first-order valence-corrected chi connectivity index (χ1v) is 8.87. The molecule has 0 radical (unpaired) electrons. The largest absolute Gasteiger partial charge is 0.370 e. The summed E-state index contributed by atoms with van der Waals surface area (Å²) in [5.74, 6) is 0.999. The molecule has 0 aliphatic carbocycles. The molecule has 1 aliphatic rings. The van der Waals surface area contributed by atoms with E-state index in [0.717, 1.165) is 38.4 Å². The molecule has 6 heteroatoms. The van der Waals surface area contributed by atoms with Gasteiger partial charge in [-0.15, -0.1) is 24.0 Å². The van der Waals surface area contributed by atoms with Gasteiger partial charge in [-0.3, -0.25) is 9.79 Å². The van der Waals surface area contributed by atoms with E-state index in [9.17, 15) is 4.79 Å². The van der Waals surface area contributed by atoms with Crippen molar-refractivity contribution in [2.45, 2.75) is 25.8 Å². The quantitative estimate of drug-likeness (QED) is 0.413. The topological polar surface area (TPSA) is 70.7 Å². The van der Waals surface area contributed by atoms with Crippen molar-refractivity contribution < 1.29 is 4.79 Å². The first kappa shape index (κ1) is 20.5. The Morgan fingerprint density at radius 2 is 2.04 bits per heavy atom. The van der Waals surface area contributed by atoms with Crippen molar-refractivity contribution in [2.24, 2.45) is 16.6 Å². The summed E-state index contributed by atoms with van der Waals surface area (Å²) in [6, 6.07) is 14.9. The number of piperidine rings is 1. The lowest BCUT2D eigenvalue weighted by Crippen LogP contribution is -2.46. The monoisotopic (exact) mass is 466 g/mol. The third-order valence-electron chi connectivity index (χ3n) is 4.78. The SMILES string of the molecule is CN=C(NCc1ccc2ccccc2c1)N1CCCC(CC(N)=O)C1.I. The van der Waals surface area contributed by atoms with Crippen LogP contribution < -0.4 is 11.1 Å². The van der Waals surface area contributed by atoms with Crippen LogP contribution in [0.15, 0.2) is 47.5 Å². The number of hydrogen-bond donors (Lipinski definition) is 2. The zero-order valence-corrected chi connectivity index (χ0v) is 17.5. The van der Waals surface area contributed by atoms with Crippen molar-refractivity contribution in [1.29, 1.82) is 0 Å². The maximum atomic E-state index is 11.2. The first-order valence-electron chi connectivity index (χ1n) is 8.87. The summed E-state index contributed by atoms with van der Waals surface area (Å²) >= 11 is 0. The Morgan fingerprint density at radius 3 is 2.77 bits per heavy atom. The van der Waals surface area contributed by atoms with Gasteiger partial charge in [0.2, 0.25) is 5.91 Å². The molecule has 0 bridgehead atoms. The van der Waals surface area contributed by atoms with E-state index in [0.29, 0.717) is 12.3 Å². The number of likely N-dealkylation sites (tertiary alicyclic amines) is 1. The van der Waals surface area contributed by atoms with Crippen molar-refractivity contribution >= 4 is 46.6 Å². The number of rotatable bonds is 4. The van der Waals surface area contributed by atoms with E-state index in [4.69, 9.17) is 5.73 Å². The highest BCUT2D eigenvalue weighted by molar-refractivity contribution is 14.0. The number of nitrogens with one attached hydrogen (secondary N) is 1. The molecular weight excluding hydrogens is 439 g/mol. The number of nitrogens with zero attached hydrogens (tertiary/aromatic N) is 2. The zero-order chi connectivity index (χ0) is 17.6. The Kier molecular flexibility index (Phi) is 7.68. The molecule has 1 amide bonds. The third-order valence-corrected chi connectivity index (χ3v) is 4.78. The van der Waals surface area contributed by atoms with Gasteiger partial charge < -0.3 is 16.0 Å². The average Bonchev–Trinajstić information content (AvgIpc) is 2.62. The van der Waals surface area contributed by atoms with Crippen LogP contribution in [0.5, 0.6) is 0 Å². The smallest absolute Gasteiger partial charge is 0.217 e. The second kappa shape index (κ2) is 9.75. The van der Waals surface area contributed by atoms with E-state index >= 15 is 0 Å². The predicted molar refractivity (Wildman–Crippen MR) is 118 cm³/mol. The van der Waals surface area contributed by atoms with Crippen molar-refractivity contribution in [3.05, 3.63) is 48.0 Å². The molecular formula is C20H27IN4O. The molecule has 1 saturated heterocycles. The van der Waals surface area contributed by atoms with Crippen LogP contribution in [0.2, 0.25) is 0 Å². The Hall–Kier alpha value is -1.83. The highest BCUT2D eigenvalue weighted by atomic mass is 127. The predicted octanol–water partition coefficient (Wildman–Crippen LogP) is 3.12. The van der Waals surface area contributed by atoms with Crippen LogP contribution >= 0.6 is 24.0 Å². The Morgan fingerprint density at radius 1 is 1.27 bits per heavy atom. The zero-order valence-electron chi connectivity index (χ0n) is 15.1. The van der Waals surface area contributed by atoms with Crippen molar-refractivity contribution in [1.82, 2.24) is 10.2 Å². The average molecular weight is 466 g/mol. The lowest BCUT2D eigenvalue weighted by Gasteiger charge is -2.34. The maximum Gasteiger partial charge on any atom is 0.217 e. The van der Waals surface area contributed by atoms with Gasteiger partial charge in [-0.05, 0) is 41.2 Å². The molecule has 26 heavy (non-hydrogen) atoms. The van der Waals surface area contributed by atoms with Gasteiger partial charge in [0.15, 0.2) is 5.96 Å². The van der Waals surface area contributed by atoms with E-state index in [-0.39, 0.29) is 29.9 Å². The van der Waals surface area contributed by atoms with Crippen molar-refractivity contribution in [3.63, 3.8) is 0 Å². The summed E-state index contributed by atoms with van der Waals surface area (Å²) < 4.78 is 0. The van der Waals surface area contributed by atoms with Crippen LogP contribution in [0, 0.1) is 5.92 Å². The standard InChI is InChI=1S/C20H26N4O.HI/c1-22-20(24-10-4-5-16(14-24)12-19(21)25)23-13-15-8-9-17-6-2-3-7-18(17)11-15;/h2-3,6-9,11,16H,4-5,10,12-14H2,1H3,(H2,21,25)(H,22,23);1H. The molecule has 3 N–H and O–H groups in total. The van der Waals surface area contributed by atoms with Gasteiger partial charge in [0.1, 0.15) is 0 Å². The molecule has 1 fully saturated rings. The molecule has 2 aromatic carbocycles. The second-order valence-corrected chi connectivity index (χ2v) is 6.71. The maximum absolute atomic E-state index is 11.2. The third kappa shape index (κ3) is 5.33. The van der Waals surface area contributed by atoms with Gasteiger partial charge in [-0.25, -0.2) is 0 Å². The number of guanidine groups is 1. The fourth-order valence-electron chi connectivity index (χ4n) is 3.57. The van der Waals surface area contributed by atoms with Crippen LogP contribution in [-0.2, 0) is 11.3 Å². The number of carbonyl (C=O) groups excluding carboxylic acids is 1. The van der Waals surface area contributed by atoms with E-state index in [1.165, 1.54) is 16.3 Å². The van der Waals surface area contributed by atoms with E-state index in [1.54, 1.807) is 7.05 Å². The van der Waals surface area contributed by atoms with Gasteiger partial charge in [0.25, 0.3) is 0 Å². The number of aliphatic imine (C=N–C) groups is 1. The van der Waals surface area contributed by atoms with E-state index in [2.05, 4.69) is 57.7 Å². The molecule has 1 atom stereocenters. The summed E-state index contributed by atoms with van der Waals surface area (Å²) in [7, 11) is 1.81. The molecule has 0 aromatic heterocycles. The number of nitrogens with two attached hydrogens (primary N) is 1. The van der Waals surface area contributed by atoms with Crippen LogP contribution in [0.3, 0.4) is 0 Å². The minimum Gasteiger partial charge on any atom is -0.370 e. The number of halogens is 1. The van der Waals surface area contributed by atoms with Crippen LogP contribution in [0.1, 0.15) is 24.8 Å². The van der Waals surface area contributed by atoms with Crippen molar-refractivity contribution in [3.8, 4) is 0 Å². The minimum absolute atomic E-state index is 0. The Bertz CT molecular complexity index is 777. The molecule has 1 heterocycles. The lowest BCUT2D eigenvalue weighted by molar-refractivity contribution is -0.119. The molecule has 0 spiro atoms. The number of fused-ring (bicyclic) bond motifs is 1. The normalized spacial score (nSPS) is 17.7. The fourth-order valence-corrected chi connectivity index (χ4v) is 3.57. The van der Waals surface area contributed by atoms with Crippen LogP contribution in [0.25, 0.3) is 10.8 Å². The van der Waals surface area contributed by atoms with E-state index < -0.39 is 0 Å². The number of hydrogen-bond acceptors (Lipinski definition) is 2. The molecule has 140 valence electrons. The summed E-state index contributed by atoms with van der Waals surface area (Å²) in [5.41, 5.74) is 6.58. The van der Waals surface area contributed by atoms with Crippen LogP contribution in [-0.4, -0.2) is 36.9 Å². The molecule has 3 rings (SSSR count). The number of amides is 1. The number of primary amides is 1. The minimum atomic E-state index is -0.217. The van der Waals surface area contributed by atoms with Gasteiger partial charge >= 0.3 is 0 Å². The Labute approximate surface area is 172 Å². The molecule has 1 unspecified atom stereocenters. The molecule has 2 aromatic rings. The fraction of sp³-hybridized carbons (Fsp3) is 0.400. The second-order valence-electron chi connectivity index (χ2n) is 6.71. The number of benzene rings is 2. The first-order chi connectivity index (χ1) is 12.2. The van der Waals surface area contributed by atoms with E-state index in [1.807, 2.05) is 0 Å². The summed E-state index contributed by atoms with van der Waals surface area (Å²) in [6.45, 7) is 2.53. The summed E-state index contributed by atoms with van der Waals surface area (Å²) in [6.07, 6.45) is 2.58. The van der Waals surface area contributed by atoms with Gasteiger partial charge in [-0.1, -0.05) is 36.4 Å². The highest BCUT2D eigenvalue weighted by Crippen LogP contribution is 2.20. The lowest BCUT2D eigenvalue weighted by atomic mass is 9.95. The molecule has 1 aliphatic heterocycles. The molecule has 5 nitrogen and oxygen atoms in total. The van der Waals surface area contributed by atoms with Gasteiger partial charge in [-0.2, -0.15) is 0 Å². The van der Waals surface area contributed by atoms with Crippen molar-refractivity contribution in [2.75, 3.05) is 20.1 Å². The number of carbonyl (C=O) groups is 1.